The average molecular weight is 297 g/mol. The molecule has 104 valence electrons. The standard InChI is InChI=1S/C13H19NO3SSi/c1-5-19(6-2,7-3)17-18(15,16)13-11-9-8-10-12(13)14-4/h8-11H,5-7H2,1-3H3. The van der Waals surface area contributed by atoms with Crippen LogP contribution in [0.3, 0.4) is 0 Å². The van der Waals surface area contributed by atoms with E-state index in [2.05, 4.69) is 4.85 Å². The highest BCUT2D eigenvalue weighted by molar-refractivity contribution is 7.88. The van der Waals surface area contributed by atoms with Crippen molar-refractivity contribution in [3.8, 4) is 0 Å². The van der Waals surface area contributed by atoms with Crippen molar-refractivity contribution in [2.45, 2.75) is 43.8 Å². The highest BCUT2D eigenvalue weighted by Gasteiger charge is 2.36. The Morgan fingerprint density at radius 2 is 1.68 bits per heavy atom. The minimum atomic E-state index is -3.85. The van der Waals surface area contributed by atoms with E-state index >= 15 is 0 Å². The second kappa shape index (κ2) is 6.33. The van der Waals surface area contributed by atoms with E-state index in [1.54, 1.807) is 12.1 Å². The molecule has 0 aliphatic heterocycles. The molecule has 1 aromatic carbocycles. The molecule has 19 heavy (non-hydrogen) atoms. The van der Waals surface area contributed by atoms with Crippen LogP contribution in [-0.2, 0) is 14.0 Å². The zero-order chi connectivity index (χ0) is 14.5. The van der Waals surface area contributed by atoms with E-state index < -0.39 is 18.4 Å². The zero-order valence-electron chi connectivity index (χ0n) is 11.5. The van der Waals surface area contributed by atoms with Crippen LogP contribution in [0.2, 0.25) is 18.1 Å². The quantitative estimate of drug-likeness (QED) is 0.590. The maximum Gasteiger partial charge on any atom is 0.277 e. The lowest BCUT2D eigenvalue weighted by Crippen LogP contribution is -2.38. The van der Waals surface area contributed by atoms with Crippen molar-refractivity contribution in [2.75, 3.05) is 0 Å². The maximum absolute atomic E-state index is 12.4. The summed E-state index contributed by atoms with van der Waals surface area (Å²) in [6.45, 7) is 12.9. The molecule has 0 fully saturated rings. The van der Waals surface area contributed by atoms with Crippen LogP contribution in [0.15, 0.2) is 29.2 Å². The van der Waals surface area contributed by atoms with Crippen molar-refractivity contribution in [3.63, 3.8) is 0 Å². The summed E-state index contributed by atoms with van der Waals surface area (Å²) < 4.78 is 30.3. The second-order valence-corrected chi connectivity index (χ2v) is 10.9. The molecule has 0 amide bonds. The third-order valence-electron chi connectivity index (χ3n) is 3.47. The number of nitrogens with zero attached hydrogens (tertiary/aromatic N) is 1. The third-order valence-corrected chi connectivity index (χ3v) is 10.5. The molecule has 0 aromatic heterocycles. The molecule has 0 aliphatic rings. The lowest BCUT2D eigenvalue weighted by Gasteiger charge is -2.27. The fourth-order valence-corrected chi connectivity index (χ4v) is 7.72. The van der Waals surface area contributed by atoms with Gasteiger partial charge >= 0.3 is 0 Å². The molecule has 4 nitrogen and oxygen atoms in total. The first-order chi connectivity index (χ1) is 8.94. The Labute approximate surface area is 116 Å². The Morgan fingerprint density at radius 1 is 1.16 bits per heavy atom. The Kier molecular flexibility index (Phi) is 5.29. The lowest BCUT2D eigenvalue weighted by molar-refractivity contribution is 0.475. The Balaban J connectivity index is 3.22. The van der Waals surface area contributed by atoms with Gasteiger partial charge in [-0.05, 0) is 18.1 Å². The first kappa shape index (κ1) is 15.9. The molecule has 1 aromatic rings. The maximum atomic E-state index is 12.4. The van der Waals surface area contributed by atoms with E-state index in [4.69, 9.17) is 10.4 Å². The molecular formula is C13H19NO3SSi. The van der Waals surface area contributed by atoms with E-state index in [0.29, 0.717) is 0 Å². The third kappa shape index (κ3) is 3.44. The first-order valence-corrected chi connectivity index (χ1v) is 10.3. The van der Waals surface area contributed by atoms with Gasteiger partial charge in [0.25, 0.3) is 10.1 Å². The van der Waals surface area contributed by atoms with Crippen LogP contribution in [0.5, 0.6) is 0 Å². The number of hydrogen-bond donors (Lipinski definition) is 0. The van der Waals surface area contributed by atoms with E-state index in [1.807, 2.05) is 20.8 Å². The molecule has 0 bridgehead atoms. The number of para-hydroxylation sites is 1. The van der Waals surface area contributed by atoms with E-state index in [0.717, 1.165) is 18.1 Å². The summed E-state index contributed by atoms with van der Waals surface area (Å²) in [4.78, 5) is 3.23. The van der Waals surface area contributed by atoms with Gasteiger partial charge in [0, 0.05) is 0 Å². The van der Waals surface area contributed by atoms with Crippen LogP contribution in [0.4, 0.5) is 5.69 Å². The number of benzene rings is 1. The average Bonchev–Trinajstić information content (AvgIpc) is 2.45. The fraction of sp³-hybridized carbons (Fsp3) is 0.462. The van der Waals surface area contributed by atoms with E-state index in [-0.39, 0.29) is 10.6 Å². The van der Waals surface area contributed by atoms with Crippen LogP contribution in [0, 0.1) is 6.57 Å². The predicted molar refractivity (Wildman–Crippen MR) is 78.2 cm³/mol. The molecule has 0 unspecified atom stereocenters. The summed E-state index contributed by atoms with van der Waals surface area (Å²) >= 11 is 0. The molecule has 6 heteroatoms. The van der Waals surface area contributed by atoms with Gasteiger partial charge in [-0.15, -0.1) is 0 Å². The van der Waals surface area contributed by atoms with Gasteiger partial charge in [-0.2, -0.15) is 8.42 Å². The summed E-state index contributed by atoms with van der Waals surface area (Å²) in [5.41, 5.74) is 0.119. The molecule has 0 atom stereocenters. The van der Waals surface area contributed by atoms with Crippen LogP contribution in [0.25, 0.3) is 4.85 Å². The summed E-state index contributed by atoms with van der Waals surface area (Å²) in [6, 6.07) is 8.44. The fourth-order valence-electron chi connectivity index (χ4n) is 1.97. The van der Waals surface area contributed by atoms with Gasteiger partial charge in [-0.3, -0.25) is 0 Å². The molecular weight excluding hydrogens is 278 g/mol. The Bertz CT molecular complexity index is 566. The minimum absolute atomic E-state index is 0.0165. The zero-order valence-corrected chi connectivity index (χ0v) is 13.3. The molecule has 0 aliphatic carbocycles. The normalized spacial score (nSPS) is 12.1. The molecule has 0 N–H and O–H groups in total. The number of hydrogen-bond acceptors (Lipinski definition) is 3. The summed E-state index contributed by atoms with van der Waals surface area (Å²) in [7, 11) is -6.11. The summed E-state index contributed by atoms with van der Waals surface area (Å²) in [6.07, 6.45) is 0. The van der Waals surface area contributed by atoms with Crippen LogP contribution >= 0.6 is 0 Å². The van der Waals surface area contributed by atoms with Gasteiger partial charge in [0.05, 0.1) is 11.5 Å². The van der Waals surface area contributed by atoms with E-state index in [9.17, 15) is 8.42 Å². The largest absolute Gasteiger partial charge is 0.312 e. The Morgan fingerprint density at radius 3 is 2.16 bits per heavy atom. The van der Waals surface area contributed by atoms with Crippen molar-refractivity contribution in [1.82, 2.24) is 0 Å². The first-order valence-electron chi connectivity index (χ1n) is 6.36. The topological polar surface area (TPSA) is 47.7 Å². The lowest BCUT2D eigenvalue weighted by atomic mass is 10.3. The van der Waals surface area contributed by atoms with Crippen molar-refractivity contribution in [3.05, 3.63) is 35.7 Å². The van der Waals surface area contributed by atoms with Gasteiger partial charge in [0.15, 0.2) is 0 Å². The van der Waals surface area contributed by atoms with Gasteiger partial charge in [-0.25, -0.2) is 4.85 Å². The monoisotopic (exact) mass is 297 g/mol. The van der Waals surface area contributed by atoms with Crippen molar-refractivity contribution in [1.29, 1.82) is 0 Å². The van der Waals surface area contributed by atoms with Crippen molar-refractivity contribution >= 4 is 24.1 Å². The van der Waals surface area contributed by atoms with Gasteiger partial charge in [0.2, 0.25) is 14.0 Å². The molecule has 0 heterocycles. The van der Waals surface area contributed by atoms with Crippen LogP contribution in [0.1, 0.15) is 20.8 Å². The van der Waals surface area contributed by atoms with Gasteiger partial charge in [-0.1, -0.05) is 45.0 Å². The van der Waals surface area contributed by atoms with Gasteiger partial charge < -0.3 is 3.87 Å². The van der Waals surface area contributed by atoms with Gasteiger partial charge in [0.1, 0.15) is 0 Å². The highest BCUT2D eigenvalue weighted by atomic mass is 32.2. The summed E-state index contributed by atoms with van der Waals surface area (Å²) in [5.74, 6) is 0. The second-order valence-electron chi connectivity index (χ2n) is 4.36. The van der Waals surface area contributed by atoms with Crippen LogP contribution in [-0.4, -0.2) is 16.7 Å². The molecule has 0 saturated heterocycles. The summed E-state index contributed by atoms with van der Waals surface area (Å²) in [5, 5.41) is 0. The Hall–Kier alpha value is -1.16. The molecule has 0 spiro atoms. The number of rotatable bonds is 6. The predicted octanol–water partition coefficient (Wildman–Crippen LogP) is 3.95. The van der Waals surface area contributed by atoms with Crippen molar-refractivity contribution < 1.29 is 12.3 Å². The molecule has 0 radical (unpaired) electrons. The highest BCUT2D eigenvalue weighted by Crippen LogP contribution is 2.31. The molecule has 1 rings (SSSR count). The SMILES string of the molecule is [C-]#[N+]c1ccccc1S(=O)(=O)O[Si](CC)(CC)CC. The molecule has 0 saturated carbocycles. The van der Waals surface area contributed by atoms with E-state index in [1.165, 1.54) is 12.1 Å². The smallest absolute Gasteiger partial charge is 0.277 e. The van der Waals surface area contributed by atoms with Crippen LogP contribution < -0.4 is 0 Å². The van der Waals surface area contributed by atoms with Crippen molar-refractivity contribution in [2.24, 2.45) is 0 Å². The minimum Gasteiger partial charge on any atom is -0.312 e.